The van der Waals surface area contributed by atoms with E-state index in [1.807, 2.05) is 0 Å². The minimum Gasteiger partial charge on any atom is -0.478 e. The molecular formula is C15H12F3NO2. The highest BCUT2D eigenvalue weighted by Gasteiger charge is 2.13. The van der Waals surface area contributed by atoms with Gasteiger partial charge in [-0.25, -0.2) is 18.0 Å². The average molecular weight is 295 g/mol. The number of rotatable bonds is 4. The van der Waals surface area contributed by atoms with Gasteiger partial charge in [0.05, 0.1) is 5.56 Å². The molecule has 3 nitrogen and oxygen atoms in total. The summed E-state index contributed by atoms with van der Waals surface area (Å²) in [6, 6.07) is 5.64. The van der Waals surface area contributed by atoms with Gasteiger partial charge in [0.25, 0.3) is 0 Å². The lowest BCUT2D eigenvalue weighted by molar-refractivity contribution is 0.0696. The highest BCUT2D eigenvalue weighted by Crippen LogP contribution is 2.23. The van der Waals surface area contributed by atoms with Gasteiger partial charge in [0.2, 0.25) is 0 Å². The fourth-order valence-corrected chi connectivity index (χ4v) is 1.85. The first-order chi connectivity index (χ1) is 9.90. The van der Waals surface area contributed by atoms with E-state index in [1.165, 1.54) is 13.0 Å². The summed E-state index contributed by atoms with van der Waals surface area (Å²) < 4.78 is 40.9. The smallest absolute Gasteiger partial charge is 0.335 e. The predicted molar refractivity (Wildman–Crippen MR) is 71.8 cm³/mol. The zero-order valence-corrected chi connectivity index (χ0v) is 11.1. The molecule has 2 rings (SSSR count). The zero-order valence-electron chi connectivity index (χ0n) is 11.1. The summed E-state index contributed by atoms with van der Waals surface area (Å²) >= 11 is 0. The maximum absolute atomic E-state index is 13.8. The highest BCUT2D eigenvalue weighted by molar-refractivity contribution is 5.87. The maximum atomic E-state index is 13.8. The van der Waals surface area contributed by atoms with Crippen molar-refractivity contribution in [1.82, 2.24) is 0 Å². The van der Waals surface area contributed by atoms with Crippen LogP contribution in [0.2, 0.25) is 0 Å². The maximum Gasteiger partial charge on any atom is 0.335 e. The van der Waals surface area contributed by atoms with Crippen molar-refractivity contribution in [3.05, 3.63) is 64.5 Å². The molecule has 0 aromatic heterocycles. The molecule has 0 spiro atoms. The molecule has 2 aromatic rings. The first kappa shape index (κ1) is 14.9. The molecule has 6 heteroatoms. The van der Waals surface area contributed by atoms with Crippen molar-refractivity contribution in [3.63, 3.8) is 0 Å². The number of halogens is 3. The van der Waals surface area contributed by atoms with Gasteiger partial charge in [-0.3, -0.25) is 0 Å². The Kier molecular flexibility index (Phi) is 4.16. The molecule has 0 radical (unpaired) electrons. The second-order valence-corrected chi connectivity index (χ2v) is 4.52. The van der Waals surface area contributed by atoms with Crippen LogP contribution >= 0.6 is 0 Å². The third-order valence-corrected chi connectivity index (χ3v) is 3.03. The van der Waals surface area contributed by atoms with Crippen molar-refractivity contribution in [2.24, 2.45) is 0 Å². The summed E-state index contributed by atoms with van der Waals surface area (Å²) in [7, 11) is 0. The molecule has 0 aliphatic heterocycles. The average Bonchev–Trinajstić information content (AvgIpc) is 2.44. The summed E-state index contributed by atoms with van der Waals surface area (Å²) in [6.07, 6.45) is 0. The molecule has 0 bridgehead atoms. The quantitative estimate of drug-likeness (QED) is 0.903. The number of anilines is 1. The third-order valence-electron chi connectivity index (χ3n) is 3.03. The van der Waals surface area contributed by atoms with Crippen molar-refractivity contribution < 1.29 is 23.1 Å². The monoisotopic (exact) mass is 295 g/mol. The van der Waals surface area contributed by atoms with Gasteiger partial charge in [-0.2, -0.15) is 0 Å². The van der Waals surface area contributed by atoms with E-state index in [4.69, 9.17) is 5.11 Å². The lowest BCUT2D eigenvalue weighted by Crippen LogP contribution is -2.08. The van der Waals surface area contributed by atoms with Crippen molar-refractivity contribution >= 4 is 11.7 Å². The minimum atomic E-state index is -1.20. The van der Waals surface area contributed by atoms with E-state index < -0.39 is 23.4 Å². The second kappa shape index (κ2) is 5.87. The number of carboxylic acids is 1. The summed E-state index contributed by atoms with van der Waals surface area (Å²) in [4.78, 5) is 10.8. The fourth-order valence-electron chi connectivity index (χ4n) is 1.85. The van der Waals surface area contributed by atoms with E-state index in [0.29, 0.717) is 0 Å². The standard InChI is InChI=1S/C15H12F3NO2/c1-8-2-4-12(17)14(13(8)18)19-7-10-6-9(15(20)21)3-5-11(10)16/h2-6,19H,7H2,1H3,(H,20,21). The van der Waals surface area contributed by atoms with Crippen LogP contribution in [0.3, 0.4) is 0 Å². The highest BCUT2D eigenvalue weighted by atomic mass is 19.1. The van der Waals surface area contributed by atoms with Gasteiger partial charge in [-0.1, -0.05) is 6.07 Å². The molecule has 0 heterocycles. The topological polar surface area (TPSA) is 49.3 Å². The van der Waals surface area contributed by atoms with Gasteiger partial charge < -0.3 is 10.4 Å². The van der Waals surface area contributed by atoms with Crippen LogP contribution in [-0.2, 0) is 6.54 Å². The van der Waals surface area contributed by atoms with E-state index in [-0.39, 0.29) is 28.9 Å². The number of aromatic carboxylic acids is 1. The van der Waals surface area contributed by atoms with Gasteiger partial charge in [0.15, 0.2) is 5.82 Å². The van der Waals surface area contributed by atoms with Gasteiger partial charge in [0, 0.05) is 12.1 Å². The normalized spacial score (nSPS) is 10.5. The number of carboxylic acid groups (broad SMARTS) is 1. The van der Waals surface area contributed by atoms with Crippen molar-refractivity contribution in [3.8, 4) is 0 Å². The van der Waals surface area contributed by atoms with Crippen LogP contribution in [0.5, 0.6) is 0 Å². The Labute approximate surface area is 119 Å². The Morgan fingerprint density at radius 3 is 2.48 bits per heavy atom. The molecule has 2 N–H and O–H groups in total. The van der Waals surface area contributed by atoms with E-state index in [1.54, 1.807) is 0 Å². The molecule has 0 saturated heterocycles. The fraction of sp³-hybridized carbons (Fsp3) is 0.133. The first-order valence-corrected chi connectivity index (χ1v) is 6.10. The first-order valence-electron chi connectivity index (χ1n) is 6.10. The summed E-state index contributed by atoms with van der Waals surface area (Å²) in [5, 5.41) is 11.3. The molecule has 0 saturated carbocycles. The van der Waals surface area contributed by atoms with Crippen LogP contribution in [0.4, 0.5) is 18.9 Å². The molecule has 21 heavy (non-hydrogen) atoms. The molecule has 0 unspecified atom stereocenters. The van der Waals surface area contributed by atoms with E-state index >= 15 is 0 Å². The number of nitrogens with one attached hydrogen (secondary N) is 1. The minimum absolute atomic E-state index is 0.00945. The summed E-state index contributed by atoms with van der Waals surface area (Å²) in [6.45, 7) is 1.25. The lowest BCUT2D eigenvalue weighted by Gasteiger charge is -2.11. The molecular weight excluding hydrogens is 283 g/mol. The Morgan fingerprint density at radius 1 is 1.14 bits per heavy atom. The van der Waals surface area contributed by atoms with Crippen LogP contribution in [0.15, 0.2) is 30.3 Å². The molecule has 0 atom stereocenters. The number of hydrogen-bond donors (Lipinski definition) is 2. The van der Waals surface area contributed by atoms with E-state index in [9.17, 15) is 18.0 Å². The van der Waals surface area contributed by atoms with Gasteiger partial charge >= 0.3 is 5.97 Å². The van der Waals surface area contributed by atoms with Crippen molar-refractivity contribution in [2.45, 2.75) is 13.5 Å². The van der Waals surface area contributed by atoms with E-state index in [2.05, 4.69) is 5.32 Å². The number of hydrogen-bond acceptors (Lipinski definition) is 2. The second-order valence-electron chi connectivity index (χ2n) is 4.52. The van der Waals surface area contributed by atoms with Crippen LogP contribution < -0.4 is 5.32 Å². The third kappa shape index (κ3) is 3.16. The Morgan fingerprint density at radius 2 is 1.81 bits per heavy atom. The summed E-state index contributed by atoms with van der Waals surface area (Å²) in [5.74, 6) is -3.41. The van der Waals surface area contributed by atoms with E-state index in [0.717, 1.165) is 24.3 Å². The van der Waals surface area contributed by atoms with Crippen molar-refractivity contribution in [1.29, 1.82) is 0 Å². The Hall–Kier alpha value is -2.50. The van der Waals surface area contributed by atoms with Gasteiger partial charge in [0.1, 0.15) is 17.3 Å². The molecule has 2 aromatic carbocycles. The van der Waals surface area contributed by atoms with Gasteiger partial charge in [-0.05, 0) is 36.8 Å². The number of aryl methyl sites for hydroxylation is 1. The van der Waals surface area contributed by atoms with Crippen LogP contribution in [0.1, 0.15) is 21.5 Å². The predicted octanol–water partition coefficient (Wildman–Crippen LogP) is 3.72. The largest absolute Gasteiger partial charge is 0.478 e. The zero-order chi connectivity index (χ0) is 15.6. The molecule has 0 aliphatic carbocycles. The van der Waals surface area contributed by atoms with Crippen LogP contribution in [0, 0.1) is 24.4 Å². The van der Waals surface area contributed by atoms with Crippen LogP contribution in [0.25, 0.3) is 0 Å². The molecule has 110 valence electrons. The Bertz CT molecular complexity index is 702. The van der Waals surface area contributed by atoms with Crippen molar-refractivity contribution in [2.75, 3.05) is 5.32 Å². The van der Waals surface area contributed by atoms with Crippen LogP contribution in [-0.4, -0.2) is 11.1 Å². The number of benzene rings is 2. The molecule has 0 aliphatic rings. The lowest BCUT2D eigenvalue weighted by atomic mass is 10.1. The SMILES string of the molecule is Cc1ccc(F)c(NCc2cc(C(=O)O)ccc2F)c1F. The van der Waals surface area contributed by atoms with Gasteiger partial charge in [-0.15, -0.1) is 0 Å². The number of carbonyl (C=O) groups is 1. The Balaban J connectivity index is 2.26. The summed E-state index contributed by atoms with van der Waals surface area (Å²) in [5.41, 5.74) is -0.206. The molecule has 0 fully saturated rings. The molecule has 0 amide bonds.